The maximum Gasteiger partial charge on any atom is 0.387 e. The van der Waals surface area contributed by atoms with Gasteiger partial charge in [-0.2, -0.15) is 8.78 Å². The monoisotopic (exact) mass is 381 g/mol. The first-order valence-electron chi connectivity index (χ1n) is 7.67. The van der Waals surface area contributed by atoms with Crippen molar-refractivity contribution < 1.29 is 37.3 Å². The number of carbonyl (C=O) groups is 2. The average Bonchev–Trinajstić information content (AvgIpc) is 2.66. The minimum atomic E-state index is -3.01. The highest BCUT2D eigenvalue weighted by atomic mass is 19.3. The van der Waals surface area contributed by atoms with Gasteiger partial charge in [0.25, 0.3) is 5.91 Å². The number of hydrogen-bond acceptors (Lipinski definition) is 6. The molecular weight excluding hydrogens is 364 g/mol. The minimum absolute atomic E-state index is 0.0250. The summed E-state index contributed by atoms with van der Waals surface area (Å²) in [5, 5.41) is 2.54. The van der Waals surface area contributed by atoms with E-state index in [1.54, 1.807) is 18.2 Å². The van der Waals surface area contributed by atoms with Crippen molar-refractivity contribution in [2.75, 3.05) is 26.1 Å². The molecule has 0 aliphatic heterocycles. The van der Waals surface area contributed by atoms with Crippen LogP contribution in [0.3, 0.4) is 0 Å². The number of alkyl halides is 2. The molecular formula is C18H17F2NO6. The number of hydrogen-bond donors (Lipinski definition) is 1. The highest BCUT2D eigenvalue weighted by Crippen LogP contribution is 2.28. The van der Waals surface area contributed by atoms with Crippen molar-refractivity contribution in [1.82, 2.24) is 0 Å². The Kier molecular flexibility index (Phi) is 6.93. The van der Waals surface area contributed by atoms with Crippen LogP contribution >= 0.6 is 0 Å². The molecule has 7 nitrogen and oxygen atoms in total. The SMILES string of the molecule is COc1ccc(NC(=O)COC(=O)c2cccc(OC(F)F)c2)c(OC)c1. The summed E-state index contributed by atoms with van der Waals surface area (Å²) in [5.74, 6) is -0.738. The number of methoxy groups -OCH3 is 2. The van der Waals surface area contributed by atoms with E-state index in [0.29, 0.717) is 17.2 Å². The molecule has 2 aromatic carbocycles. The molecule has 2 aromatic rings. The summed E-state index contributed by atoms with van der Waals surface area (Å²) in [5.41, 5.74) is 0.342. The highest BCUT2D eigenvalue weighted by Gasteiger charge is 2.14. The van der Waals surface area contributed by atoms with E-state index in [2.05, 4.69) is 10.1 Å². The van der Waals surface area contributed by atoms with Gasteiger partial charge in [0.05, 0.1) is 25.5 Å². The number of rotatable bonds is 8. The second kappa shape index (κ2) is 9.37. The van der Waals surface area contributed by atoms with Crippen molar-refractivity contribution in [1.29, 1.82) is 0 Å². The molecule has 0 spiro atoms. The fourth-order valence-electron chi connectivity index (χ4n) is 2.10. The maximum absolute atomic E-state index is 12.2. The Hall–Kier alpha value is -3.36. The van der Waals surface area contributed by atoms with E-state index >= 15 is 0 Å². The summed E-state index contributed by atoms with van der Waals surface area (Å²) in [6, 6.07) is 9.85. The second-order valence-corrected chi connectivity index (χ2v) is 5.10. The number of halogens is 2. The Morgan fingerprint density at radius 3 is 2.48 bits per heavy atom. The number of amides is 1. The van der Waals surface area contributed by atoms with E-state index in [9.17, 15) is 18.4 Å². The van der Waals surface area contributed by atoms with Crippen LogP contribution in [0.15, 0.2) is 42.5 Å². The molecule has 0 fully saturated rings. The third kappa shape index (κ3) is 5.84. The molecule has 0 heterocycles. The zero-order chi connectivity index (χ0) is 19.8. The molecule has 2 rings (SSSR count). The smallest absolute Gasteiger partial charge is 0.387 e. The van der Waals surface area contributed by atoms with Crippen LogP contribution in [0.2, 0.25) is 0 Å². The Bertz CT molecular complexity index is 812. The Balaban J connectivity index is 1.94. The lowest BCUT2D eigenvalue weighted by molar-refractivity contribution is -0.119. The van der Waals surface area contributed by atoms with Crippen LogP contribution in [-0.2, 0) is 9.53 Å². The summed E-state index contributed by atoms with van der Waals surface area (Å²) in [6.45, 7) is -3.59. The summed E-state index contributed by atoms with van der Waals surface area (Å²) in [6.07, 6.45) is 0. The molecule has 0 atom stereocenters. The summed E-state index contributed by atoms with van der Waals surface area (Å²) in [4.78, 5) is 23.9. The molecule has 0 saturated carbocycles. The normalized spacial score (nSPS) is 10.3. The van der Waals surface area contributed by atoms with Gasteiger partial charge in [-0.25, -0.2) is 4.79 Å². The van der Waals surface area contributed by atoms with Crippen LogP contribution in [0.25, 0.3) is 0 Å². The number of anilines is 1. The highest BCUT2D eigenvalue weighted by molar-refractivity contribution is 5.96. The molecule has 0 aliphatic rings. The van der Waals surface area contributed by atoms with Crippen LogP contribution in [0, 0.1) is 0 Å². The van der Waals surface area contributed by atoms with Crippen molar-refractivity contribution in [3.63, 3.8) is 0 Å². The molecule has 144 valence electrons. The van der Waals surface area contributed by atoms with Gasteiger partial charge < -0.3 is 24.3 Å². The molecule has 27 heavy (non-hydrogen) atoms. The molecule has 0 aromatic heterocycles. The third-order valence-electron chi connectivity index (χ3n) is 3.31. The van der Waals surface area contributed by atoms with E-state index in [0.717, 1.165) is 6.07 Å². The quantitative estimate of drug-likeness (QED) is 0.708. The average molecular weight is 381 g/mol. The molecule has 0 aliphatic carbocycles. The van der Waals surface area contributed by atoms with E-state index < -0.39 is 25.1 Å². The van der Waals surface area contributed by atoms with Gasteiger partial charge in [0.2, 0.25) is 0 Å². The fourth-order valence-corrected chi connectivity index (χ4v) is 2.10. The topological polar surface area (TPSA) is 83.1 Å². The lowest BCUT2D eigenvalue weighted by atomic mass is 10.2. The molecule has 0 unspecified atom stereocenters. The molecule has 9 heteroatoms. The zero-order valence-corrected chi connectivity index (χ0v) is 14.5. The van der Waals surface area contributed by atoms with Gasteiger partial charge in [0, 0.05) is 6.07 Å². The fraction of sp³-hybridized carbons (Fsp3) is 0.222. The Morgan fingerprint density at radius 1 is 1.04 bits per heavy atom. The third-order valence-corrected chi connectivity index (χ3v) is 3.31. The van der Waals surface area contributed by atoms with E-state index in [1.807, 2.05) is 0 Å². The first kappa shape index (κ1) is 20.0. The molecule has 0 saturated heterocycles. The number of ether oxygens (including phenoxy) is 4. The van der Waals surface area contributed by atoms with Crippen molar-refractivity contribution >= 4 is 17.6 Å². The van der Waals surface area contributed by atoms with E-state index in [1.165, 1.54) is 32.4 Å². The van der Waals surface area contributed by atoms with Crippen molar-refractivity contribution in [2.24, 2.45) is 0 Å². The van der Waals surface area contributed by atoms with Crippen molar-refractivity contribution in [3.8, 4) is 17.2 Å². The maximum atomic E-state index is 12.2. The molecule has 1 amide bonds. The van der Waals surface area contributed by atoms with Gasteiger partial charge in [-0.15, -0.1) is 0 Å². The van der Waals surface area contributed by atoms with E-state index in [-0.39, 0.29) is 11.3 Å². The first-order chi connectivity index (χ1) is 12.9. The number of carbonyl (C=O) groups excluding carboxylic acids is 2. The van der Waals surface area contributed by atoms with Crippen LogP contribution in [0.5, 0.6) is 17.2 Å². The summed E-state index contributed by atoms with van der Waals surface area (Å²) in [7, 11) is 2.92. The van der Waals surface area contributed by atoms with Crippen LogP contribution in [0.1, 0.15) is 10.4 Å². The summed E-state index contributed by atoms with van der Waals surface area (Å²) >= 11 is 0. The minimum Gasteiger partial charge on any atom is -0.497 e. The second-order valence-electron chi connectivity index (χ2n) is 5.10. The predicted octanol–water partition coefficient (Wildman–Crippen LogP) is 3.10. The van der Waals surface area contributed by atoms with Crippen LogP contribution < -0.4 is 19.5 Å². The van der Waals surface area contributed by atoms with Crippen LogP contribution in [-0.4, -0.2) is 39.3 Å². The molecule has 0 bridgehead atoms. The Morgan fingerprint density at radius 2 is 1.81 bits per heavy atom. The predicted molar refractivity (Wildman–Crippen MR) is 91.5 cm³/mol. The van der Waals surface area contributed by atoms with Crippen molar-refractivity contribution in [2.45, 2.75) is 6.61 Å². The zero-order valence-electron chi connectivity index (χ0n) is 14.5. The van der Waals surface area contributed by atoms with Crippen molar-refractivity contribution in [3.05, 3.63) is 48.0 Å². The molecule has 1 N–H and O–H groups in total. The Labute approximate surface area is 153 Å². The van der Waals surface area contributed by atoms with Gasteiger partial charge in [0.1, 0.15) is 17.2 Å². The van der Waals surface area contributed by atoms with E-state index in [4.69, 9.17) is 14.2 Å². The first-order valence-corrected chi connectivity index (χ1v) is 7.67. The lowest BCUT2D eigenvalue weighted by Crippen LogP contribution is -2.21. The van der Waals surface area contributed by atoms with Crippen LogP contribution in [0.4, 0.5) is 14.5 Å². The number of esters is 1. The van der Waals surface area contributed by atoms with Gasteiger partial charge in [-0.3, -0.25) is 4.79 Å². The van der Waals surface area contributed by atoms with Gasteiger partial charge in [-0.1, -0.05) is 6.07 Å². The number of nitrogens with one attached hydrogen (secondary N) is 1. The molecule has 0 radical (unpaired) electrons. The number of benzene rings is 2. The standard InChI is InChI=1S/C18H17F2NO6/c1-24-12-6-7-14(15(9-12)25-2)21-16(22)10-26-17(23)11-4-3-5-13(8-11)27-18(19)20/h3-9,18H,10H2,1-2H3,(H,21,22). The lowest BCUT2D eigenvalue weighted by Gasteiger charge is -2.12. The summed E-state index contributed by atoms with van der Waals surface area (Å²) < 4.78 is 43.7. The van der Waals surface area contributed by atoms with Gasteiger partial charge in [-0.05, 0) is 30.3 Å². The van der Waals surface area contributed by atoms with Gasteiger partial charge in [0.15, 0.2) is 6.61 Å². The van der Waals surface area contributed by atoms with Gasteiger partial charge >= 0.3 is 12.6 Å². The largest absolute Gasteiger partial charge is 0.497 e.